The van der Waals surface area contributed by atoms with Crippen LogP contribution in [0.5, 0.6) is 5.75 Å². The number of benzene rings is 2. The number of methoxy groups -OCH3 is 1. The van der Waals surface area contributed by atoms with E-state index in [0.717, 1.165) is 10.4 Å². The second-order valence-corrected chi connectivity index (χ2v) is 8.65. The Morgan fingerprint density at radius 3 is 2.44 bits per heavy atom. The second kappa shape index (κ2) is 9.11. The van der Waals surface area contributed by atoms with Gasteiger partial charge in [-0.05, 0) is 30.3 Å². The fourth-order valence-corrected chi connectivity index (χ4v) is 3.64. The van der Waals surface area contributed by atoms with Crippen molar-refractivity contribution in [3.63, 3.8) is 0 Å². The monoisotopic (exact) mass is 462 g/mol. The predicted molar refractivity (Wildman–Crippen MR) is 109 cm³/mol. The van der Waals surface area contributed by atoms with Crippen LogP contribution in [0.15, 0.2) is 51.8 Å². The van der Waals surface area contributed by atoms with Crippen LogP contribution in [0.2, 0.25) is 0 Å². The molecule has 32 heavy (non-hydrogen) atoms. The Balaban J connectivity index is 1.73. The molecule has 0 bridgehead atoms. The van der Waals surface area contributed by atoms with Gasteiger partial charge in [-0.25, -0.2) is 17.5 Å². The van der Waals surface area contributed by atoms with Gasteiger partial charge in [0.05, 0.1) is 17.6 Å². The van der Waals surface area contributed by atoms with Gasteiger partial charge in [0, 0.05) is 31.8 Å². The maximum absolute atomic E-state index is 12.5. The van der Waals surface area contributed by atoms with Crippen molar-refractivity contribution < 1.29 is 32.0 Å². The smallest absolute Gasteiger partial charge is 0.338 e. The van der Waals surface area contributed by atoms with Crippen molar-refractivity contribution >= 4 is 21.7 Å². The van der Waals surface area contributed by atoms with Gasteiger partial charge >= 0.3 is 5.97 Å². The van der Waals surface area contributed by atoms with Gasteiger partial charge in [-0.3, -0.25) is 10.1 Å². The van der Waals surface area contributed by atoms with Crippen molar-refractivity contribution in [3.8, 4) is 17.2 Å². The fraction of sp³-hybridized carbons (Fsp3) is 0.211. The van der Waals surface area contributed by atoms with Crippen LogP contribution in [0.4, 0.5) is 5.69 Å². The Labute approximate surface area is 182 Å². The van der Waals surface area contributed by atoms with Crippen LogP contribution >= 0.6 is 0 Å². The summed E-state index contributed by atoms with van der Waals surface area (Å²) in [5.74, 6) is -0.644. The summed E-state index contributed by atoms with van der Waals surface area (Å²) < 4.78 is 41.6. The Morgan fingerprint density at radius 2 is 1.84 bits per heavy atom. The van der Waals surface area contributed by atoms with Gasteiger partial charge < -0.3 is 13.9 Å². The lowest BCUT2D eigenvalue weighted by Crippen LogP contribution is -2.23. The summed E-state index contributed by atoms with van der Waals surface area (Å²) in [5, 5.41) is 18.3. The van der Waals surface area contributed by atoms with Gasteiger partial charge in [-0.2, -0.15) is 0 Å². The van der Waals surface area contributed by atoms with E-state index in [1.165, 1.54) is 57.6 Å². The van der Waals surface area contributed by atoms with Crippen LogP contribution in [0, 0.1) is 10.1 Å². The standard InChI is InChI=1S/C19H18N4O8S/c1-22(2)32(27,28)16-10-13(6-9-15(16)29-3)19(24)30-11-17-20-21-18(31-17)12-4-7-14(8-5-12)23(25)26/h4-10H,11H2,1-3H3. The number of nitro groups is 1. The normalized spacial score (nSPS) is 11.4. The molecule has 0 fully saturated rings. The van der Waals surface area contributed by atoms with Crippen LogP contribution in [0.1, 0.15) is 16.2 Å². The molecule has 0 aliphatic carbocycles. The predicted octanol–water partition coefficient (Wildman–Crippen LogP) is 2.26. The molecule has 0 radical (unpaired) electrons. The molecule has 1 heterocycles. The van der Waals surface area contributed by atoms with Crippen LogP contribution < -0.4 is 4.74 Å². The number of hydrogen-bond donors (Lipinski definition) is 0. The first kappa shape index (κ1) is 22.8. The molecule has 168 valence electrons. The average Bonchev–Trinajstić information content (AvgIpc) is 3.26. The molecule has 0 N–H and O–H groups in total. The molecule has 13 heteroatoms. The topological polar surface area (TPSA) is 155 Å². The Bertz CT molecular complexity index is 1250. The highest BCUT2D eigenvalue weighted by Gasteiger charge is 2.24. The molecule has 0 saturated heterocycles. The van der Waals surface area contributed by atoms with Crippen molar-refractivity contribution in [1.29, 1.82) is 0 Å². The molecular weight excluding hydrogens is 444 g/mol. The van der Waals surface area contributed by atoms with Crippen LogP contribution in [-0.4, -0.2) is 55.0 Å². The lowest BCUT2D eigenvalue weighted by molar-refractivity contribution is -0.384. The summed E-state index contributed by atoms with van der Waals surface area (Å²) in [6.07, 6.45) is 0. The molecule has 12 nitrogen and oxygen atoms in total. The van der Waals surface area contributed by atoms with E-state index in [1.807, 2.05) is 0 Å². The summed E-state index contributed by atoms with van der Waals surface area (Å²) in [4.78, 5) is 22.4. The third kappa shape index (κ3) is 4.73. The van der Waals surface area contributed by atoms with E-state index in [9.17, 15) is 23.3 Å². The number of esters is 1. The molecule has 2 aromatic carbocycles. The Morgan fingerprint density at radius 1 is 1.16 bits per heavy atom. The number of rotatable bonds is 8. The van der Waals surface area contributed by atoms with Gasteiger partial charge in [0.2, 0.25) is 15.9 Å². The van der Waals surface area contributed by atoms with Crippen molar-refractivity contribution in [2.75, 3.05) is 21.2 Å². The van der Waals surface area contributed by atoms with Crippen molar-refractivity contribution in [2.45, 2.75) is 11.5 Å². The van der Waals surface area contributed by atoms with E-state index in [2.05, 4.69) is 10.2 Å². The summed E-state index contributed by atoms with van der Waals surface area (Å²) in [7, 11) is 0.177. The first-order chi connectivity index (χ1) is 15.1. The maximum Gasteiger partial charge on any atom is 0.338 e. The zero-order chi connectivity index (χ0) is 23.5. The van der Waals surface area contributed by atoms with Gasteiger partial charge in [0.25, 0.3) is 11.6 Å². The molecule has 0 aliphatic rings. The molecule has 3 aromatic rings. The molecule has 0 unspecified atom stereocenters. The quantitative estimate of drug-likeness (QED) is 0.276. The number of nitrogens with zero attached hydrogens (tertiary/aromatic N) is 4. The molecule has 3 rings (SSSR count). The number of sulfonamides is 1. The van der Waals surface area contributed by atoms with E-state index < -0.39 is 20.9 Å². The summed E-state index contributed by atoms with van der Waals surface area (Å²) in [5.41, 5.74) is 0.355. The lowest BCUT2D eigenvalue weighted by atomic mass is 10.2. The van der Waals surface area contributed by atoms with E-state index in [0.29, 0.717) is 5.56 Å². The van der Waals surface area contributed by atoms with Crippen molar-refractivity contribution in [2.24, 2.45) is 0 Å². The van der Waals surface area contributed by atoms with Crippen LogP contribution in [0.3, 0.4) is 0 Å². The van der Waals surface area contributed by atoms with Gasteiger partial charge in [0.15, 0.2) is 6.61 Å². The van der Waals surface area contributed by atoms with Crippen LogP contribution in [0.25, 0.3) is 11.5 Å². The highest BCUT2D eigenvalue weighted by molar-refractivity contribution is 7.89. The highest BCUT2D eigenvalue weighted by Crippen LogP contribution is 2.27. The van der Waals surface area contributed by atoms with Crippen molar-refractivity contribution in [3.05, 3.63) is 64.0 Å². The van der Waals surface area contributed by atoms with Gasteiger partial charge in [0.1, 0.15) is 10.6 Å². The number of carbonyl (C=O) groups is 1. The van der Waals surface area contributed by atoms with Gasteiger partial charge in [-0.15, -0.1) is 10.2 Å². The number of carbonyl (C=O) groups excluding carboxylic acids is 1. The van der Waals surface area contributed by atoms with E-state index >= 15 is 0 Å². The van der Waals surface area contributed by atoms with E-state index in [1.54, 1.807) is 0 Å². The maximum atomic E-state index is 12.5. The third-order valence-corrected chi connectivity index (χ3v) is 6.11. The first-order valence-corrected chi connectivity index (χ1v) is 10.4. The van der Waals surface area contributed by atoms with E-state index in [-0.39, 0.29) is 40.3 Å². The van der Waals surface area contributed by atoms with Crippen molar-refractivity contribution in [1.82, 2.24) is 14.5 Å². The lowest BCUT2D eigenvalue weighted by Gasteiger charge is -2.15. The molecule has 0 amide bonds. The minimum atomic E-state index is -3.86. The molecular formula is C19H18N4O8S. The zero-order valence-corrected chi connectivity index (χ0v) is 18.0. The molecule has 0 spiro atoms. The fourth-order valence-electron chi connectivity index (χ4n) is 2.57. The molecule has 0 saturated carbocycles. The van der Waals surface area contributed by atoms with Crippen LogP contribution in [-0.2, 0) is 21.4 Å². The molecule has 0 atom stereocenters. The summed E-state index contributed by atoms with van der Waals surface area (Å²) in [6.45, 7) is -0.361. The number of nitro benzene ring substituents is 1. The summed E-state index contributed by atoms with van der Waals surface area (Å²) >= 11 is 0. The zero-order valence-electron chi connectivity index (χ0n) is 17.2. The second-order valence-electron chi connectivity index (χ2n) is 6.53. The SMILES string of the molecule is COc1ccc(C(=O)OCc2nnc(-c3ccc([N+](=O)[O-])cc3)o2)cc1S(=O)(=O)N(C)C. The van der Waals surface area contributed by atoms with E-state index in [4.69, 9.17) is 13.9 Å². The first-order valence-electron chi connectivity index (χ1n) is 8.98. The summed E-state index contributed by atoms with van der Waals surface area (Å²) in [6, 6.07) is 9.37. The molecule has 0 aliphatic heterocycles. The minimum Gasteiger partial charge on any atom is -0.495 e. The number of non-ortho nitro benzene ring substituents is 1. The number of hydrogen-bond acceptors (Lipinski definition) is 10. The number of aromatic nitrogens is 2. The number of ether oxygens (including phenoxy) is 2. The molecule has 1 aromatic heterocycles. The minimum absolute atomic E-state index is 0.0126. The average molecular weight is 462 g/mol. The van der Waals surface area contributed by atoms with Gasteiger partial charge in [-0.1, -0.05) is 0 Å². The Hall–Kier alpha value is -3.84. The third-order valence-electron chi connectivity index (χ3n) is 4.28. The Kier molecular flexibility index (Phi) is 6.50. The highest BCUT2D eigenvalue weighted by atomic mass is 32.2. The largest absolute Gasteiger partial charge is 0.495 e.